The van der Waals surface area contributed by atoms with Gasteiger partial charge in [-0.15, -0.1) is 0 Å². The lowest BCUT2D eigenvalue weighted by Crippen LogP contribution is -2.37. The molecule has 0 spiro atoms. The maximum absolute atomic E-state index is 11.8. The molecule has 0 N–H and O–H groups in total. The predicted molar refractivity (Wildman–Crippen MR) is 63.9 cm³/mol. The fraction of sp³-hybridized carbons (Fsp3) is 0.909. The van der Waals surface area contributed by atoms with Crippen LogP contribution in [0.3, 0.4) is 0 Å². The molecule has 1 saturated heterocycles. The Hall–Kier alpha value is -0.580. The molecule has 0 aromatic heterocycles. The van der Waals surface area contributed by atoms with Gasteiger partial charge in [0.15, 0.2) is 9.84 Å². The van der Waals surface area contributed by atoms with E-state index in [2.05, 4.69) is 13.8 Å². The number of nitrogens with zero attached hydrogens (tertiary/aromatic N) is 1. The second-order valence-electron chi connectivity index (χ2n) is 4.99. The predicted octanol–water partition coefficient (Wildman–Crippen LogP) is 1.07. The van der Waals surface area contributed by atoms with E-state index >= 15 is 0 Å². The lowest BCUT2D eigenvalue weighted by Gasteiger charge is -2.23. The van der Waals surface area contributed by atoms with Crippen molar-refractivity contribution in [2.24, 2.45) is 5.92 Å². The Kier molecular flexibility index (Phi) is 4.35. The number of carbonyl (C=O) groups excluding carboxylic acids is 1. The molecule has 1 rings (SSSR count). The van der Waals surface area contributed by atoms with Crippen molar-refractivity contribution in [1.29, 1.82) is 0 Å². The second kappa shape index (κ2) is 5.17. The van der Waals surface area contributed by atoms with Crippen molar-refractivity contribution in [1.82, 2.24) is 4.90 Å². The van der Waals surface area contributed by atoms with Crippen molar-refractivity contribution >= 4 is 15.7 Å². The van der Waals surface area contributed by atoms with Gasteiger partial charge in [0.25, 0.3) is 0 Å². The molecule has 1 heterocycles. The molecule has 0 aliphatic carbocycles. The molecule has 1 aliphatic heterocycles. The Labute approximate surface area is 97.9 Å². The van der Waals surface area contributed by atoms with Crippen LogP contribution in [0.15, 0.2) is 0 Å². The number of amides is 1. The zero-order chi connectivity index (χ0) is 12.3. The van der Waals surface area contributed by atoms with E-state index in [-0.39, 0.29) is 23.5 Å². The molecule has 94 valence electrons. The van der Waals surface area contributed by atoms with Crippen molar-refractivity contribution in [3.05, 3.63) is 0 Å². The largest absolute Gasteiger partial charge is 0.342 e. The molecular formula is C11H21NO3S. The van der Waals surface area contributed by atoms with Crippen molar-refractivity contribution in [3.8, 4) is 0 Å². The van der Waals surface area contributed by atoms with Gasteiger partial charge in [-0.3, -0.25) is 4.79 Å². The molecule has 1 fully saturated rings. The normalized spacial score (nSPS) is 23.6. The molecule has 0 aromatic rings. The zero-order valence-electron chi connectivity index (χ0n) is 10.3. The highest BCUT2D eigenvalue weighted by atomic mass is 32.2. The van der Waals surface area contributed by atoms with Gasteiger partial charge < -0.3 is 4.90 Å². The minimum absolute atomic E-state index is 0.0656. The zero-order valence-corrected chi connectivity index (χ0v) is 11.1. The highest BCUT2D eigenvalue weighted by molar-refractivity contribution is 7.91. The quantitative estimate of drug-likeness (QED) is 0.746. The number of hydrogen-bond donors (Lipinski definition) is 0. The van der Waals surface area contributed by atoms with E-state index in [0.717, 1.165) is 6.42 Å². The highest BCUT2D eigenvalue weighted by Crippen LogP contribution is 2.18. The number of carbonyl (C=O) groups is 1. The SMILES string of the molecule is CC(C)CCC(=O)N(C)C1CCS(=O)(=O)C1. The van der Waals surface area contributed by atoms with Gasteiger partial charge in [0.1, 0.15) is 0 Å². The van der Waals surface area contributed by atoms with E-state index in [0.29, 0.717) is 18.8 Å². The summed E-state index contributed by atoms with van der Waals surface area (Å²) in [5.41, 5.74) is 0. The number of sulfone groups is 1. The van der Waals surface area contributed by atoms with Crippen molar-refractivity contribution in [2.45, 2.75) is 39.2 Å². The van der Waals surface area contributed by atoms with E-state index in [1.165, 1.54) is 0 Å². The third kappa shape index (κ3) is 3.77. The molecule has 16 heavy (non-hydrogen) atoms. The maximum Gasteiger partial charge on any atom is 0.222 e. The van der Waals surface area contributed by atoms with Crippen LogP contribution in [0.5, 0.6) is 0 Å². The van der Waals surface area contributed by atoms with Crippen molar-refractivity contribution < 1.29 is 13.2 Å². The van der Waals surface area contributed by atoms with Crippen molar-refractivity contribution in [2.75, 3.05) is 18.6 Å². The minimum Gasteiger partial charge on any atom is -0.342 e. The van der Waals surface area contributed by atoms with Crippen LogP contribution in [0, 0.1) is 5.92 Å². The second-order valence-corrected chi connectivity index (χ2v) is 7.22. The molecule has 1 atom stereocenters. The van der Waals surface area contributed by atoms with Gasteiger partial charge in [0, 0.05) is 19.5 Å². The fourth-order valence-electron chi connectivity index (χ4n) is 1.87. The molecule has 0 aromatic carbocycles. The lowest BCUT2D eigenvalue weighted by molar-refractivity contribution is -0.131. The van der Waals surface area contributed by atoms with Crippen LogP contribution in [0.1, 0.15) is 33.1 Å². The summed E-state index contributed by atoms with van der Waals surface area (Å²) in [4.78, 5) is 13.4. The van der Waals surface area contributed by atoms with Crippen LogP contribution in [0.4, 0.5) is 0 Å². The van der Waals surface area contributed by atoms with Crippen LogP contribution in [0.2, 0.25) is 0 Å². The Morgan fingerprint density at radius 3 is 2.50 bits per heavy atom. The molecule has 0 bridgehead atoms. The van der Waals surface area contributed by atoms with Gasteiger partial charge in [-0.1, -0.05) is 13.8 Å². The third-order valence-electron chi connectivity index (χ3n) is 3.09. The Morgan fingerprint density at radius 1 is 1.44 bits per heavy atom. The van der Waals surface area contributed by atoms with Crippen molar-refractivity contribution in [3.63, 3.8) is 0 Å². The van der Waals surface area contributed by atoms with Gasteiger partial charge in [-0.2, -0.15) is 0 Å². The van der Waals surface area contributed by atoms with E-state index in [1.54, 1.807) is 11.9 Å². The van der Waals surface area contributed by atoms with E-state index < -0.39 is 9.84 Å². The first-order valence-electron chi connectivity index (χ1n) is 5.78. The van der Waals surface area contributed by atoms with Crippen LogP contribution in [0.25, 0.3) is 0 Å². The highest BCUT2D eigenvalue weighted by Gasteiger charge is 2.32. The summed E-state index contributed by atoms with van der Waals surface area (Å²) >= 11 is 0. The monoisotopic (exact) mass is 247 g/mol. The Bertz CT molecular complexity index is 348. The lowest BCUT2D eigenvalue weighted by atomic mass is 10.1. The summed E-state index contributed by atoms with van der Waals surface area (Å²) in [5.74, 6) is 0.927. The third-order valence-corrected chi connectivity index (χ3v) is 4.84. The Morgan fingerprint density at radius 2 is 2.06 bits per heavy atom. The van der Waals surface area contributed by atoms with Gasteiger partial charge in [0.2, 0.25) is 5.91 Å². The average molecular weight is 247 g/mol. The topological polar surface area (TPSA) is 54.5 Å². The summed E-state index contributed by atoms with van der Waals surface area (Å²) in [6.45, 7) is 4.15. The molecule has 0 radical (unpaired) electrons. The first kappa shape index (κ1) is 13.5. The molecular weight excluding hydrogens is 226 g/mol. The summed E-state index contributed by atoms with van der Waals surface area (Å²) in [7, 11) is -1.18. The van der Waals surface area contributed by atoms with Crippen LogP contribution >= 0.6 is 0 Å². The van der Waals surface area contributed by atoms with E-state index in [1.807, 2.05) is 0 Å². The summed E-state index contributed by atoms with van der Waals surface area (Å²) in [5, 5.41) is 0. The van der Waals surface area contributed by atoms with Crippen LogP contribution in [-0.2, 0) is 14.6 Å². The Balaban J connectivity index is 2.46. The van der Waals surface area contributed by atoms with E-state index in [4.69, 9.17) is 0 Å². The van der Waals surface area contributed by atoms with E-state index in [9.17, 15) is 13.2 Å². The first-order valence-corrected chi connectivity index (χ1v) is 7.60. The first-order chi connectivity index (χ1) is 7.32. The van der Waals surface area contributed by atoms with Gasteiger partial charge in [-0.25, -0.2) is 8.42 Å². The summed E-state index contributed by atoms with van der Waals surface area (Å²) in [6, 6.07) is -0.107. The number of hydrogen-bond acceptors (Lipinski definition) is 3. The maximum atomic E-state index is 11.8. The molecule has 1 aliphatic rings. The average Bonchev–Trinajstić information content (AvgIpc) is 2.54. The fourth-order valence-corrected chi connectivity index (χ4v) is 3.65. The van der Waals surface area contributed by atoms with Gasteiger partial charge >= 0.3 is 0 Å². The van der Waals surface area contributed by atoms with Gasteiger partial charge in [0.05, 0.1) is 11.5 Å². The smallest absolute Gasteiger partial charge is 0.222 e. The minimum atomic E-state index is -2.90. The molecule has 5 heteroatoms. The molecule has 1 amide bonds. The van der Waals surface area contributed by atoms with Gasteiger partial charge in [-0.05, 0) is 18.8 Å². The van der Waals surface area contributed by atoms with Crippen LogP contribution in [-0.4, -0.2) is 43.8 Å². The number of rotatable bonds is 4. The summed E-state index contributed by atoms with van der Waals surface area (Å²) in [6.07, 6.45) is 1.97. The molecule has 0 saturated carbocycles. The summed E-state index contributed by atoms with van der Waals surface area (Å²) < 4.78 is 22.6. The molecule has 1 unspecified atom stereocenters. The standard InChI is InChI=1S/C11H21NO3S/c1-9(2)4-5-11(13)12(3)10-6-7-16(14,15)8-10/h9-10H,4-8H2,1-3H3. The van der Waals surface area contributed by atoms with Crippen LogP contribution < -0.4 is 0 Å². The molecule has 4 nitrogen and oxygen atoms in total.